The van der Waals surface area contributed by atoms with Gasteiger partial charge in [-0.05, 0) is 44.9 Å². The summed E-state index contributed by atoms with van der Waals surface area (Å²) in [6.45, 7) is 7.35. The maximum absolute atomic E-state index is 12.8. The molecule has 0 saturated heterocycles. The van der Waals surface area contributed by atoms with Crippen molar-refractivity contribution in [3.63, 3.8) is 0 Å². The average molecular weight is 399 g/mol. The molecule has 0 radical (unpaired) electrons. The van der Waals surface area contributed by atoms with Crippen LogP contribution in [0.1, 0.15) is 51.9 Å². The first-order chi connectivity index (χ1) is 13.3. The minimum atomic E-state index is -0.730. The molecule has 0 aliphatic rings. The highest BCUT2D eigenvalue weighted by molar-refractivity contribution is 7.16. The summed E-state index contributed by atoms with van der Waals surface area (Å²) in [6, 6.07) is 8.45. The lowest BCUT2D eigenvalue weighted by Gasteiger charge is -2.11. The molecule has 0 aliphatic heterocycles. The number of para-hydroxylation sites is 1. The number of carbonyl (C=O) groups is 2. The molecule has 2 heterocycles. The summed E-state index contributed by atoms with van der Waals surface area (Å²) in [6.07, 6.45) is 0.340. The Balaban J connectivity index is 2.00. The molecule has 1 aromatic carbocycles. The Bertz CT molecular complexity index is 1110. The molecule has 0 bridgehead atoms. The van der Waals surface area contributed by atoms with Gasteiger partial charge in [0.2, 0.25) is 0 Å². The van der Waals surface area contributed by atoms with Crippen LogP contribution in [0, 0.1) is 6.92 Å². The van der Waals surface area contributed by atoms with Gasteiger partial charge in [0.15, 0.2) is 0 Å². The second-order valence-corrected chi connectivity index (χ2v) is 7.81. The number of anilines is 1. The Morgan fingerprint density at radius 2 is 1.96 bits per heavy atom. The topological polar surface area (TPSA) is 85.6 Å². The minimum absolute atomic E-state index is 0.119. The van der Waals surface area contributed by atoms with Crippen LogP contribution in [0.25, 0.3) is 11.0 Å². The molecular formula is C21H21NO5S. The van der Waals surface area contributed by atoms with E-state index in [2.05, 4.69) is 5.32 Å². The van der Waals surface area contributed by atoms with Crippen molar-refractivity contribution in [3.05, 3.63) is 62.3 Å². The lowest BCUT2D eigenvalue weighted by atomic mass is 10.1. The number of hydrogen-bond donors (Lipinski definition) is 1. The molecule has 0 unspecified atom stereocenters. The van der Waals surface area contributed by atoms with E-state index < -0.39 is 17.5 Å². The highest BCUT2D eigenvalue weighted by Crippen LogP contribution is 2.34. The summed E-state index contributed by atoms with van der Waals surface area (Å²) in [5, 5.41) is 3.72. The van der Waals surface area contributed by atoms with Crippen LogP contribution in [0.2, 0.25) is 0 Å². The first kappa shape index (κ1) is 19.8. The zero-order chi connectivity index (χ0) is 20.4. The maximum Gasteiger partial charge on any atom is 0.349 e. The van der Waals surface area contributed by atoms with Crippen molar-refractivity contribution in [2.75, 3.05) is 5.32 Å². The van der Waals surface area contributed by atoms with Crippen LogP contribution in [0.15, 0.2) is 39.5 Å². The van der Waals surface area contributed by atoms with E-state index in [4.69, 9.17) is 9.15 Å². The van der Waals surface area contributed by atoms with Gasteiger partial charge in [0.05, 0.1) is 11.7 Å². The number of rotatable bonds is 5. The molecule has 1 N–H and O–H groups in total. The predicted molar refractivity (Wildman–Crippen MR) is 109 cm³/mol. The molecule has 3 rings (SSSR count). The van der Waals surface area contributed by atoms with Crippen LogP contribution in [0.4, 0.5) is 5.00 Å². The van der Waals surface area contributed by atoms with Crippen LogP contribution in [0.3, 0.4) is 0 Å². The SMILES string of the molecule is CCc1c(C)sc(NC(=O)c2cc3ccccc3oc2=O)c1C(=O)OC(C)C. The quantitative estimate of drug-likeness (QED) is 0.503. The molecule has 28 heavy (non-hydrogen) atoms. The Kier molecular flexibility index (Phi) is 5.65. The number of ether oxygens (including phenoxy) is 1. The molecule has 3 aromatic rings. The van der Waals surface area contributed by atoms with Crippen LogP contribution in [-0.2, 0) is 11.2 Å². The Hall–Kier alpha value is -2.93. The van der Waals surface area contributed by atoms with E-state index in [9.17, 15) is 14.4 Å². The summed E-state index contributed by atoms with van der Waals surface area (Å²) in [5.74, 6) is -1.11. The second kappa shape index (κ2) is 7.98. The van der Waals surface area contributed by atoms with Crippen LogP contribution in [-0.4, -0.2) is 18.0 Å². The molecule has 7 heteroatoms. The summed E-state index contributed by atoms with van der Waals surface area (Å²) in [7, 11) is 0. The number of carbonyl (C=O) groups excluding carboxylic acids is 2. The average Bonchev–Trinajstić information content (AvgIpc) is 2.95. The monoisotopic (exact) mass is 399 g/mol. The van der Waals surface area contributed by atoms with Crippen molar-refractivity contribution in [2.45, 2.75) is 40.2 Å². The third-order valence-corrected chi connectivity index (χ3v) is 5.29. The molecule has 6 nitrogen and oxygen atoms in total. The van der Waals surface area contributed by atoms with E-state index in [0.717, 1.165) is 10.4 Å². The number of thiophene rings is 1. The molecule has 0 saturated carbocycles. The molecule has 0 spiro atoms. The highest BCUT2D eigenvalue weighted by Gasteiger charge is 2.25. The van der Waals surface area contributed by atoms with E-state index in [0.29, 0.717) is 28.0 Å². The van der Waals surface area contributed by atoms with Gasteiger partial charge >= 0.3 is 11.6 Å². The Morgan fingerprint density at radius 1 is 1.25 bits per heavy atom. The lowest BCUT2D eigenvalue weighted by molar-refractivity contribution is 0.0378. The van der Waals surface area contributed by atoms with Gasteiger partial charge in [-0.15, -0.1) is 11.3 Å². The summed E-state index contributed by atoms with van der Waals surface area (Å²) < 4.78 is 10.6. The zero-order valence-corrected chi connectivity index (χ0v) is 16.9. The minimum Gasteiger partial charge on any atom is -0.459 e. The number of benzene rings is 1. The van der Waals surface area contributed by atoms with Crippen molar-refractivity contribution >= 4 is 39.2 Å². The van der Waals surface area contributed by atoms with Crippen molar-refractivity contribution in [2.24, 2.45) is 0 Å². The molecule has 1 amide bonds. The van der Waals surface area contributed by atoms with Gasteiger partial charge in [0.1, 0.15) is 16.1 Å². The standard InChI is InChI=1S/C21H21NO5S/c1-5-14-12(4)28-19(17(14)21(25)26-11(2)3)22-18(23)15-10-13-8-6-7-9-16(13)27-20(15)24/h6-11H,5H2,1-4H3,(H,22,23). The molecule has 2 aromatic heterocycles. The summed E-state index contributed by atoms with van der Waals surface area (Å²) in [5.41, 5.74) is 0.733. The highest BCUT2D eigenvalue weighted by atomic mass is 32.1. The number of nitrogens with one attached hydrogen (secondary N) is 1. The van der Waals surface area contributed by atoms with Crippen LogP contribution in [0.5, 0.6) is 0 Å². The molecule has 146 valence electrons. The van der Waals surface area contributed by atoms with Gasteiger partial charge in [-0.3, -0.25) is 4.79 Å². The number of esters is 1. The largest absolute Gasteiger partial charge is 0.459 e. The van der Waals surface area contributed by atoms with Crippen LogP contribution >= 0.6 is 11.3 Å². The van der Waals surface area contributed by atoms with Crippen LogP contribution < -0.4 is 10.9 Å². The molecule has 0 atom stereocenters. The van der Waals surface area contributed by atoms with Gasteiger partial charge in [0, 0.05) is 10.3 Å². The van der Waals surface area contributed by atoms with Gasteiger partial charge in [-0.2, -0.15) is 0 Å². The fourth-order valence-corrected chi connectivity index (χ4v) is 4.10. The first-order valence-corrected chi connectivity index (χ1v) is 9.81. The Morgan fingerprint density at radius 3 is 2.64 bits per heavy atom. The Labute approximate surface area is 166 Å². The first-order valence-electron chi connectivity index (χ1n) is 8.99. The normalized spacial score (nSPS) is 11.0. The predicted octanol–water partition coefficient (Wildman–Crippen LogP) is 4.54. The van der Waals surface area contributed by atoms with Gasteiger partial charge in [-0.25, -0.2) is 9.59 Å². The fourth-order valence-electron chi connectivity index (χ4n) is 2.97. The summed E-state index contributed by atoms with van der Waals surface area (Å²) in [4.78, 5) is 38.5. The van der Waals surface area contributed by atoms with Gasteiger partial charge < -0.3 is 14.5 Å². The number of aryl methyl sites for hydroxylation is 1. The smallest absolute Gasteiger partial charge is 0.349 e. The van der Waals surface area contributed by atoms with Crippen molar-refractivity contribution in [1.82, 2.24) is 0 Å². The van der Waals surface area contributed by atoms with Crippen molar-refractivity contribution in [3.8, 4) is 0 Å². The zero-order valence-electron chi connectivity index (χ0n) is 16.1. The number of amides is 1. The fraction of sp³-hybridized carbons (Fsp3) is 0.286. The second-order valence-electron chi connectivity index (χ2n) is 6.59. The molecule has 0 aliphatic carbocycles. The van der Waals surface area contributed by atoms with E-state index in [1.54, 1.807) is 38.1 Å². The lowest BCUT2D eigenvalue weighted by Crippen LogP contribution is -2.22. The van der Waals surface area contributed by atoms with Gasteiger partial charge in [0.25, 0.3) is 5.91 Å². The number of hydrogen-bond acceptors (Lipinski definition) is 6. The summed E-state index contributed by atoms with van der Waals surface area (Å²) >= 11 is 1.29. The van der Waals surface area contributed by atoms with Crippen molar-refractivity contribution in [1.29, 1.82) is 0 Å². The van der Waals surface area contributed by atoms with E-state index in [1.165, 1.54) is 17.4 Å². The molecular weight excluding hydrogens is 378 g/mol. The molecule has 0 fully saturated rings. The third-order valence-electron chi connectivity index (χ3n) is 4.22. The maximum atomic E-state index is 12.8. The van der Waals surface area contributed by atoms with E-state index in [1.807, 2.05) is 13.8 Å². The van der Waals surface area contributed by atoms with E-state index >= 15 is 0 Å². The number of fused-ring (bicyclic) bond motifs is 1. The van der Waals surface area contributed by atoms with Crippen molar-refractivity contribution < 1.29 is 18.7 Å². The van der Waals surface area contributed by atoms with E-state index in [-0.39, 0.29) is 11.7 Å². The van der Waals surface area contributed by atoms with Gasteiger partial charge in [-0.1, -0.05) is 25.1 Å². The third kappa shape index (κ3) is 3.84.